The minimum absolute atomic E-state index is 0.00683. The van der Waals surface area contributed by atoms with Crippen molar-refractivity contribution in [1.29, 1.82) is 0 Å². The normalized spacial score (nSPS) is 17.4. The third-order valence-corrected chi connectivity index (χ3v) is 3.48. The average Bonchev–Trinajstić information content (AvgIpc) is 2.97. The van der Waals surface area contributed by atoms with Crippen LogP contribution in [-0.2, 0) is 0 Å². The second-order valence-electron chi connectivity index (χ2n) is 4.29. The van der Waals surface area contributed by atoms with Gasteiger partial charge >= 0.3 is 0 Å². The Labute approximate surface area is 119 Å². The summed E-state index contributed by atoms with van der Waals surface area (Å²) in [6.45, 7) is 0. The third-order valence-electron chi connectivity index (χ3n) is 2.87. The van der Waals surface area contributed by atoms with Gasteiger partial charge in [0, 0.05) is 29.4 Å². The zero-order chi connectivity index (χ0) is 13.9. The van der Waals surface area contributed by atoms with Crippen molar-refractivity contribution < 1.29 is 9.13 Å². The molecule has 1 aromatic carbocycles. The monoisotopic (exact) mass is 289 g/mol. The fourth-order valence-electron chi connectivity index (χ4n) is 1.84. The fourth-order valence-corrected chi connectivity index (χ4v) is 2.41. The van der Waals surface area contributed by atoms with Gasteiger partial charge in [-0.05, 0) is 35.8 Å². The molecule has 0 fully saturated rings. The van der Waals surface area contributed by atoms with Crippen molar-refractivity contribution in [2.24, 2.45) is 0 Å². The Morgan fingerprint density at radius 2 is 2.30 bits per heavy atom. The molecule has 3 N–H and O–H groups in total. The van der Waals surface area contributed by atoms with E-state index in [1.807, 2.05) is 11.5 Å². The van der Waals surface area contributed by atoms with Gasteiger partial charge in [0.25, 0.3) is 0 Å². The molecular formula is C14H12FN3OS. The second-order valence-corrected chi connectivity index (χ2v) is 4.95. The van der Waals surface area contributed by atoms with Crippen LogP contribution in [0.15, 0.2) is 53.9 Å². The molecule has 2 heterocycles. The molecule has 1 aliphatic rings. The van der Waals surface area contributed by atoms with Crippen molar-refractivity contribution >= 4 is 17.2 Å². The molecule has 1 aromatic heterocycles. The molecule has 1 aliphatic heterocycles. The van der Waals surface area contributed by atoms with E-state index in [1.165, 1.54) is 23.7 Å². The Bertz CT molecular complexity index is 667. The summed E-state index contributed by atoms with van der Waals surface area (Å²) in [5, 5.41) is 5.16. The Balaban J connectivity index is 1.79. The number of dihydropyridines is 1. The topological polar surface area (TPSA) is 60.2 Å². The quantitative estimate of drug-likeness (QED) is 0.853. The van der Waals surface area contributed by atoms with Crippen molar-refractivity contribution in [2.45, 2.75) is 6.04 Å². The van der Waals surface area contributed by atoms with Crippen molar-refractivity contribution in [1.82, 2.24) is 9.69 Å². The molecule has 4 nitrogen and oxygen atoms in total. The highest BCUT2D eigenvalue weighted by molar-refractivity contribution is 7.03. The number of benzene rings is 1. The van der Waals surface area contributed by atoms with Gasteiger partial charge in [-0.25, -0.2) is 8.76 Å². The van der Waals surface area contributed by atoms with Gasteiger partial charge in [0.15, 0.2) is 0 Å². The summed E-state index contributed by atoms with van der Waals surface area (Å²) in [6.07, 6.45) is 7.30. The van der Waals surface area contributed by atoms with Crippen LogP contribution in [0.3, 0.4) is 0 Å². The van der Waals surface area contributed by atoms with E-state index < -0.39 is 5.82 Å². The molecule has 3 rings (SSSR count). The number of hydrogen-bond acceptors (Lipinski definition) is 5. The highest BCUT2D eigenvalue weighted by atomic mass is 32.1. The zero-order valence-corrected chi connectivity index (χ0v) is 11.2. The van der Waals surface area contributed by atoms with Crippen LogP contribution in [0.5, 0.6) is 5.75 Å². The Hall–Kier alpha value is -2.34. The summed E-state index contributed by atoms with van der Waals surface area (Å²) >= 11 is 1.39. The average molecular weight is 289 g/mol. The molecule has 0 amide bonds. The number of nitrogen functional groups attached to an aromatic ring is 1. The maximum absolute atomic E-state index is 13.4. The number of hydrogen-bond donors (Lipinski definition) is 2. The van der Waals surface area contributed by atoms with Gasteiger partial charge in [-0.2, -0.15) is 0 Å². The molecule has 0 radical (unpaired) electrons. The van der Waals surface area contributed by atoms with Gasteiger partial charge in [-0.1, -0.05) is 0 Å². The number of rotatable bonds is 3. The lowest BCUT2D eigenvalue weighted by molar-refractivity contribution is 0.430. The third kappa shape index (κ3) is 2.65. The minimum atomic E-state index is -0.486. The SMILES string of the molecule is Nc1ccc(OC2=CC(c3cnsc3)NC=C2)cc1F. The van der Waals surface area contributed by atoms with Crippen molar-refractivity contribution in [3.05, 3.63) is 65.3 Å². The van der Waals surface area contributed by atoms with E-state index in [9.17, 15) is 4.39 Å². The summed E-state index contributed by atoms with van der Waals surface area (Å²) in [7, 11) is 0. The van der Waals surface area contributed by atoms with E-state index in [0.717, 1.165) is 5.56 Å². The van der Waals surface area contributed by atoms with Crippen LogP contribution in [0.4, 0.5) is 10.1 Å². The molecule has 0 saturated heterocycles. The van der Waals surface area contributed by atoms with E-state index in [-0.39, 0.29) is 11.7 Å². The van der Waals surface area contributed by atoms with Crippen LogP contribution in [-0.4, -0.2) is 4.37 Å². The van der Waals surface area contributed by atoms with Gasteiger partial charge in [0.05, 0.1) is 11.7 Å². The first-order chi connectivity index (χ1) is 9.72. The molecule has 6 heteroatoms. The predicted molar refractivity (Wildman–Crippen MR) is 76.7 cm³/mol. The Kier molecular flexibility index (Phi) is 3.39. The lowest BCUT2D eigenvalue weighted by atomic mass is 10.1. The van der Waals surface area contributed by atoms with Crippen LogP contribution < -0.4 is 15.8 Å². The largest absolute Gasteiger partial charge is 0.457 e. The zero-order valence-electron chi connectivity index (χ0n) is 10.4. The van der Waals surface area contributed by atoms with Gasteiger partial charge in [-0.15, -0.1) is 0 Å². The molecule has 0 aliphatic carbocycles. The fraction of sp³-hybridized carbons (Fsp3) is 0.0714. The predicted octanol–water partition coefficient (Wildman–Crippen LogP) is 2.99. The first-order valence-electron chi connectivity index (χ1n) is 5.99. The van der Waals surface area contributed by atoms with E-state index in [0.29, 0.717) is 11.5 Å². The van der Waals surface area contributed by atoms with Crippen molar-refractivity contribution in [2.75, 3.05) is 5.73 Å². The van der Waals surface area contributed by atoms with Crippen LogP contribution in [0.25, 0.3) is 0 Å². The van der Waals surface area contributed by atoms with Gasteiger partial charge in [-0.3, -0.25) is 0 Å². The first-order valence-corrected chi connectivity index (χ1v) is 6.82. The van der Waals surface area contributed by atoms with Gasteiger partial charge < -0.3 is 15.8 Å². The lowest BCUT2D eigenvalue weighted by Crippen LogP contribution is -2.17. The molecule has 2 aromatic rings. The number of nitrogens with two attached hydrogens (primary N) is 1. The van der Waals surface area contributed by atoms with Crippen LogP contribution >= 0.6 is 11.5 Å². The number of nitrogens with zero attached hydrogens (tertiary/aromatic N) is 1. The highest BCUT2D eigenvalue weighted by Gasteiger charge is 2.13. The number of aromatic nitrogens is 1. The van der Waals surface area contributed by atoms with Gasteiger partial charge in [0.2, 0.25) is 0 Å². The highest BCUT2D eigenvalue weighted by Crippen LogP contribution is 2.24. The Morgan fingerprint density at radius 3 is 3.05 bits per heavy atom. The van der Waals surface area contributed by atoms with Crippen LogP contribution in [0.1, 0.15) is 11.6 Å². The second kappa shape index (κ2) is 5.34. The molecule has 0 saturated carbocycles. The number of ether oxygens (including phenoxy) is 1. The number of nitrogens with one attached hydrogen (secondary N) is 1. The molecule has 1 unspecified atom stereocenters. The number of halogens is 1. The van der Waals surface area contributed by atoms with E-state index in [4.69, 9.17) is 10.5 Å². The summed E-state index contributed by atoms with van der Waals surface area (Å²) in [4.78, 5) is 0. The van der Waals surface area contributed by atoms with Crippen LogP contribution in [0.2, 0.25) is 0 Å². The maximum atomic E-state index is 13.4. The van der Waals surface area contributed by atoms with Crippen LogP contribution in [0, 0.1) is 5.82 Å². The molecular weight excluding hydrogens is 277 g/mol. The lowest BCUT2D eigenvalue weighted by Gasteiger charge is -2.18. The molecule has 0 bridgehead atoms. The van der Waals surface area contributed by atoms with E-state index in [1.54, 1.807) is 24.5 Å². The molecule has 0 spiro atoms. The molecule has 102 valence electrons. The summed E-state index contributed by atoms with van der Waals surface area (Å²) in [6, 6.07) is 4.40. The molecule has 1 atom stereocenters. The van der Waals surface area contributed by atoms with E-state index >= 15 is 0 Å². The Morgan fingerprint density at radius 1 is 1.40 bits per heavy atom. The van der Waals surface area contributed by atoms with E-state index in [2.05, 4.69) is 9.69 Å². The van der Waals surface area contributed by atoms with Crippen molar-refractivity contribution in [3.8, 4) is 5.75 Å². The first kappa shape index (κ1) is 12.7. The number of allylic oxidation sites excluding steroid dienone is 1. The standard InChI is InChI=1S/C14H12FN3OS/c15-12-5-10(1-2-13(12)16)19-11-3-4-17-14(6-11)9-7-18-20-8-9/h1-8,14,17H,16H2. The number of anilines is 1. The van der Waals surface area contributed by atoms with Crippen molar-refractivity contribution in [3.63, 3.8) is 0 Å². The summed E-state index contributed by atoms with van der Waals surface area (Å²) in [5.41, 5.74) is 6.60. The molecule has 20 heavy (non-hydrogen) atoms. The smallest absolute Gasteiger partial charge is 0.149 e. The maximum Gasteiger partial charge on any atom is 0.149 e. The summed E-state index contributed by atoms with van der Waals surface area (Å²) in [5.74, 6) is 0.570. The summed E-state index contributed by atoms with van der Waals surface area (Å²) < 4.78 is 23.1. The van der Waals surface area contributed by atoms with Gasteiger partial charge in [0.1, 0.15) is 17.3 Å². The minimum Gasteiger partial charge on any atom is -0.457 e.